The number of hydrogen-bond acceptors (Lipinski definition) is 8. The van der Waals surface area contributed by atoms with Crippen LogP contribution in [0.3, 0.4) is 0 Å². The van der Waals surface area contributed by atoms with Gasteiger partial charge in [-0.05, 0) is 54.8 Å². The Balaban J connectivity index is 1.36. The summed E-state index contributed by atoms with van der Waals surface area (Å²) in [6.45, 7) is 6.90. The second kappa shape index (κ2) is 8.71. The molecule has 0 spiro atoms. The van der Waals surface area contributed by atoms with E-state index in [0.717, 1.165) is 31.9 Å². The summed E-state index contributed by atoms with van der Waals surface area (Å²) in [6, 6.07) is -0.0565. The first kappa shape index (κ1) is 26.6. The van der Waals surface area contributed by atoms with Crippen LogP contribution in [-0.4, -0.2) is 69.7 Å². The molecule has 7 unspecified atom stereocenters. The molecule has 13 heteroatoms. The summed E-state index contributed by atoms with van der Waals surface area (Å²) in [4.78, 5) is 16.0. The molecule has 3 heterocycles. The SMILES string of the molecule is CC(C)(C)CCN1C(=O)C(C2=NS(=O)(=O)C3=C(N2)SCC3CNS(C)(=O)=O)=C(O)C2C3CCC(C4CC43)C21. The van der Waals surface area contributed by atoms with Gasteiger partial charge in [0.1, 0.15) is 16.2 Å². The largest absolute Gasteiger partial charge is 0.511 e. The number of thioether (sulfide) groups is 1. The number of aliphatic hydroxyl groups is 1. The van der Waals surface area contributed by atoms with E-state index in [0.29, 0.717) is 35.1 Å². The van der Waals surface area contributed by atoms with E-state index in [2.05, 4.69) is 35.2 Å². The maximum atomic E-state index is 14.1. The summed E-state index contributed by atoms with van der Waals surface area (Å²) >= 11 is 1.26. The number of amidine groups is 1. The molecule has 4 fully saturated rings. The van der Waals surface area contributed by atoms with E-state index >= 15 is 0 Å². The Morgan fingerprint density at radius 3 is 2.55 bits per heavy atom. The Hall–Kier alpha value is -1.57. The van der Waals surface area contributed by atoms with Gasteiger partial charge in [0.15, 0.2) is 5.84 Å². The zero-order chi connectivity index (χ0) is 27.4. The Labute approximate surface area is 228 Å². The van der Waals surface area contributed by atoms with Gasteiger partial charge in [-0.15, -0.1) is 16.2 Å². The van der Waals surface area contributed by atoms with Crippen LogP contribution in [0, 0.1) is 40.9 Å². The van der Waals surface area contributed by atoms with Crippen molar-refractivity contribution >= 4 is 43.6 Å². The van der Waals surface area contributed by atoms with Crippen molar-refractivity contribution in [2.75, 3.05) is 25.1 Å². The fraction of sp³-hybridized carbons (Fsp3) is 0.760. The highest BCUT2D eigenvalue weighted by atomic mass is 32.2. The van der Waals surface area contributed by atoms with E-state index in [4.69, 9.17) is 0 Å². The van der Waals surface area contributed by atoms with Gasteiger partial charge in [0.2, 0.25) is 10.0 Å². The molecule has 1 amide bonds. The van der Waals surface area contributed by atoms with Gasteiger partial charge in [0.25, 0.3) is 15.9 Å². The zero-order valence-corrected chi connectivity index (χ0v) is 24.5. The highest BCUT2D eigenvalue weighted by Crippen LogP contribution is 2.67. The van der Waals surface area contributed by atoms with E-state index in [1.807, 2.05) is 4.90 Å². The molecular weight excluding hydrogens is 548 g/mol. The van der Waals surface area contributed by atoms with Crippen molar-refractivity contribution in [3.05, 3.63) is 21.3 Å². The molecule has 210 valence electrons. The Morgan fingerprint density at radius 2 is 1.87 bits per heavy atom. The van der Waals surface area contributed by atoms with Crippen molar-refractivity contribution in [1.82, 2.24) is 14.9 Å². The van der Waals surface area contributed by atoms with Crippen LogP contribution in [0.15, 0.2) is 25.7 Å². The highest BCUT2D eigenvalue weighted by molar-refractivity contribution is 8.05. The molecule has 3 N–H and O–H groups in total. The summed E-state index contributed by atoms with van der Waals surface area (Å²) in [5, 5.41) is 15.0. The number of carbonyl (C=O) groups is 1. The minimum absolute atomic E-state index is 0.00804. The van der Waals surface area contributed by atoms with Crippen LogP contribution in [-0.2, 0) is 24.8 Å². The number of nitrogens with zero attached hydrogens (tertiary/aromatic N) is 2. The summed E-state index contributed by atoms with van der Waals surface area (Å²) < 4.78 is 56.3. The van der Waals surface area contributed by atoms with E-state index in [-0.39, 0.29) is 57.8 Å². The van der Waals surface area contributed by atoms with Gasteiger partial charge in [0.05, 0.1) is 11.3 Å². The third-order valence-electron chi connectivity index (χ3n) is 9.17. The van der Waals surface area contributed by atoms with E-state index in [1.54, 1.807) is 0 Å². The second-order valence-electron chi connectivity index (χ2n) is 12.9. The van der Waals surface area contributed by atoms with Crippen LogP contribution in [0.25, 0.3) is 0 Å². The molecule has 0 saturated heterocycles. The summed E-state index contributed by atoms with van der Waals surface area (Å²) in [5.41, 5.74) is -0.0213. The first-order valence-electron chi connectivity index (χ1n) is 13.3. The zero-order valence-electron chi connectivity index (χ0n) is 22.1. The topological polar surface area (TPSA) is 145 Å². The first-order chi connectivity index (χ1) is 17.7. The van der Waals surface area contributed by atoms with Gasteiger partial charge in [-0.25, -0.2) is 13.1 Å². The van der Waals surface area contributed by atoms with Crippen molar-refractivity contribution < 1.29 is 26.7 Å². The van der Waals surface area contributed by atoms with Gasteiger partial charge in [0, 0.05) is 36.7 Å². The minimum atomic E-state index is -4.18. The molecule has 7 atom stereocenters. The van der Waals surface area contributed by atoms with Gasteiger partial charge in [-0.1, -0.05) is 20.8 Å². The Bertz CT molecular complexity index is 1390. The molecule has 0 aromatic rings. The van der Waals surface area contributed by atoms with Gasteiger partial charge >= 0.3 is 0 Å². The number of hydrogen-bond donors (Lipinski definition) is 3. The van der Waals surface area contributed by atoms with Crippen molar-refractivity contribution in [2.45, 2.75) is 52.5 Å². The van der Waals surface area contributed by atoms with Crippen LogP contribution in [0.4, 0.5) is 0 Å². The molecule has 7 rings (SSSR count). The summed E-state index contributed by atoms with van der Waals surface area (Å²) in [5.74, 6) is 0.940. The number of sulfonamides is 2. The lowest BCUT2D eigenvalue weighted by atomic mass is 9.59. The molecule has 4 aliphatic carbocycles. The second-order valence-corrected chi connectivity index (χ2v) is 17.4. The molecule has 0 aromatic heterocycles. The third-order valence-corrected chi connectivity index (χ3v) is 12.7. The standard InChI is InChI=1S/C25H36N4O6S3/c1-25(2,3)7-8-29-19-14-6-5-13(15-9-16(14)15)17(19)20(30)18(24(29)31)22-27-23-21(38(34,35)28-22)12(11-36-23)10-26-37(4,32)33/h12-17,19,26,30H,5-11H2,1-4H3,(H,27,28). The maximum Gasteiger partial charge on any atom is 0.283 e. The first-order valence-corrected chi connectivity index (χ1v) is 17.7. The fourth-order valence-electron chi connectivity index (χ4n) is 7.45. The number of fused-ring (bicyclic) bond motifs is 1. The lowest BCUT2D eigenvalue weighted by Crippen LogP contribution is -2.61. The normalized spacial score (nSPS) is 37.5. The van der Waals surface area contributed by atoms with Gasteiger partial charge < -0.3 is 15.3 Å². The highest BCUT2D eigenvalue weighted by Gasteiger charge is 2.65. The van der Waals surface area contributed by atoms with Crippen LogP contribution in [0.5, 0.6) is 0 Å². The number of rotatable bonds is 6. The molecule has 0 aromatic carbocycles. The molecule has 2 bridgehead atoms. The molecule has 38 heavy (non-hydrogen) atoms. The number of amides is 1. The van der Waals surface area contributed by atoms with E-state index in [9.17, 15) is 26.7 Å². The Kier molecular flexibility index (Phi) is 6.11. The minimum Gasteiger partial charge on any atom is -0.511 e. The van der Waals surface area contributed by atoms with E-state index in [1.165, 1.54) is 11.8 Å². The lowest BCUT2D eigenvalue weighted by molar-refractivity contribution is -0.140. The van der Waals surface area contributed by atoms with Crippen molar-refractivity contribution in [2.24, 2.45) is 45.3 Å². The smallest absolute Gasteiger partial charge is 0.283 e. The van der Waals surface area contributed by atoms with E-state index < -0.39 is 26.0 Å². The average molecular weight is 585 g/mol. The lowest BCUT2D eigenvalue weighted by Gasteiger charge is -2.54. The molecule has 3 aliphatic heterocycles. The average Bonchev–Trinajstić information content (AvgIpc) is 3.51. The maximum absolute atomic E-state index is 14.1. The van der Waals surface area contributed by atoms with Crippen molar-refractivity contribution in [3.63, 3.8) is 0 Å². The van der Waals surface area contributed by atoms with Crippen molar-refractivity contribution in [1.29, 1.82) is 0 Å². The number of carbonyl (C=O) groups excluding carboxylic acids is 1. The quantitative estimate of drug-likeness (QED) is 0.431. The Morgan fingerprint density at radius 1 is 1.18 bits per heavy atom. The van der Waals surface area contributed by atoms with Crippen LogP contribution < -0.4 is 10.0 Å². The summed E-state index contributed by atoms with van der Waals surface area (Å²) in [6.07, 6.45) is 5.05. The third kappa shape index (κ3) is 4.41. The fourth-order valence-corrected chi connectivity index (χ4v) is 11.0. The predicted octanol–water partition coefficient (Wildman–Crippen LogP) is 2.15. The molecule has 10 nitrogen and oxygen atoms in total. The summed E-state index contributed by atoms with van der Waals surface area (Å²) in [7, 11) is -7.68. The van der Waals surface area contributed by atoms with Gasteiger partial charge in [-0.2, -0.15) is 8.42 Å². The predicted molar refractivity (Wildman–Crippen MR) is 146 cm³/mol. The molecule has 4 saturated carbocycles. The molecule has 0 radical (unpaired) electrons. The van der Waals surface area contributed by atoms with Crippen molar-refractivity contribution in [3.8, 4) is 0 Å². The van der Waals surface area contributed by atoms with Gasteiger partial charge in [-0.3, -0.25) is 4.79 Å². The van der Waals surface area contributed by atoms with Crippen LogP contribution in [0.1, 0.15) is 46.5 Å². The van der Waals surface area contributed by atoms with Crippen LogP contribution in [0.2, 0.25) is 0 Å². The van der Waals surface area contributed by atoms with Crippen LogP contribution >= 0.6 is 11.8 Å². The molecular formula is C25H36N4O6S3. The molecule has 7 aliphatic rings. The number of aliphatic hydroxyl groups excluding tert-OH is 1. The monoisotopic (exact) mass is 584 g/mol. The number of nitrogens with one attached hydrogen (secondary N) is 2.